The van der Waals surface area contributed by atoms with Crippen LogP contribution in [0.2, 0.25) is 0 Å². The summed E-state index contributed by atoms with van der Waals surface area (Å²) in [5.74, 6) is -1.37. The van der Waals surface area contributed by atoms with Crippen molar-refractivity contribution in [1.82, 2.24) is 0 Å². The van der Waals surface area contributed by atoms with E-state index < -0.39 is 12.1 Å². The standard InChI is InChI=1S/C4H7FO2.ClH/c1-2-3(5)4(6)7;/h3H,2H2,1H3,(H,6,7);1H/t3-;/m1./s1. The predicted octanol–water partition coefficient (Wildman–Crippen LogP) is 1.24. The Bertz CT molecular complexity index is 76.4. The van der Waals surface area contributed by atoms with Gasteiger partial charge in [0.05, 0.1) is 0 Å². The molecule has 0 spiro atoms. The van der Waals surface area contributed by atoms with E-state index in [-0.39, 0.29) is 18.8 Å². The number of hydrogen-bond acceptors (Lipinski definition) is 1. The summed E-state index contributed by atoms with van der Waals surface area (Å²) < 4.78 is 11.7. The number of alkyl halides is 1. The molecule has 0 aliphatic carbocycles. The second-order valence-corrected chi connectivity index (χ2v) is 1.21. The zero-order valence-corrected chi connectivity index (χ0v) is 5.24. The zero-order valence-electron chi connectivity index (χ0n) is 4.43. The molecule has 0 saturated carbocycles. The Hall–Kier alpha value is -0.310. The number of carboxylic acid groups (broad SMARTS) is 1. The average Bonchev–Trinajstić information content (AvgIpc) is 1.65. The van der Waals surface area contributed by atoms with E-state index in [4.69, 9.17) is 5.11 Å². The van der Waals surface area contributed by atoms with Gasteiger partial charge in [0.25, 0.3) is 0 Å². The maximum absolute atomic E-state index is 11.7. The number of rotatable bonds is 2. The monoisotopic (exact) mass is 142 g/mol. The number of carbonyl (C=O) groups is 1. The molecule has 2 nitrogen and oxygen atoms in total. The van der Waals surface area contributed by atoms with Crippen LogP contribution in [0.5, 0.6) is 0 Å². The van der Waals surface area contributed by atoms with Gasteiger partial charge in [-0.3, -0.25) is 0 Å². The van der Waals surface area contributed by atoms with Crippen molar-refractivity contribution in [3.63, 3.8) is 0 Å². The van der Waals surface area contributed by atoms with Crippen LogP contribution in [0.15, 0.2) is 0 Å². The van der Waals surface area contributed by atoms with Crippen LogP contribution in [0.4, 0.5) is 4.39 Å². The first kappa shape index (κ1) is 10.6. The van der Waals surface area contributed by atoms with Gasteiger partial charge >= 0.3 is 5.97 Å². The minimum absolute atomic E-state index is 0. The second-order valence-electron chi connectivity index (χ2n) is 1.21. The summed E-state index contributed by atoms with van der Waals surface area (Å²) >= 11 is 0. The highest BCUT2D eigenvalue weighted by Crippen LogP contribution is 1.93. The quantitative estimate of drug-likeness (QED) is 0.630. The van der Waals surface area contributed by atoms with Crippen molar-refractivity contribution >= 4 is 18.4 Å². The first-order valence-corrected chi connectivity index (χ1v) is 2.05. The fraction of sp³-hybridized carbons (Fsp3) is 0.750. The van der Waals surface area contributed by atoms with E-state index in [1.165, 1.54) is 6.92 Å². The molecule has 1 atom stereocenters. The van der Waals surface area contributed by atoms with Crippen molar-refractivity contribution in [3.05, 3.63) is 0 Å². The molecule has 1 N–H and O–H groups in total. The molecule has 0 heterocycles. The lowest BCUT2D eigenvalue weighted by molar-refractivity contribution is -0.142. The van der Waals surface area contributed by atoms with Crippen molar-refractivity contribution in [2.45, 2.75) is 19.5 Å². The van der Waals surface area contributed by atoms with E-state index in [0.717, 1.165) is 0 Å². The van der Waals surface area contributed by atoms with Crippen LogP contribution in [0.1, 0.15) is 13.3 Å². The summed E-state index contributed by atoms with van der Waals surface area (Å²) in [5.41, 5.74) is 0. The Morgan fingerprint density at radius 1 is 1.88 bits per heavy atom. The van der Waals surface area contributed by atoms with Gasteiger partial charge in [0.15, 0.2) is 6.17 Å². The number of aliphatic carboxylic acids is 1. The smallest absolute Gasteiger partial charge is 0.338 e. The maximum atomic E-state index is 11.7. The van der Waals surface area contributed by atoms with Gasteiger partial charge < -0.3 is 5.11 Å². The third-order valence-corrected chi connectivity index (χ3v) is 0.626. The minimum atomic E-state index is -1.68. The van der Waals surface area contributed by atoms with Crippen LogP contribution in [0.3, 0.4) is 0 Å². The Balaban J connectivity index is 0. The van der Waals surface area contributed by atoms with E-state index >= 15 is 0 Å². The average molecular weight is 143 g/mol. The Kier molecular flexibility index (Phi) is 6.43. The van der Waals surface area contributed by atoms with Crippen LogP contribution in [0.25, 0.3) is 0 Å². The van der Waals surface area contributed by atoms with Gasteiger partial charge in [0, 0.05) is 0 Å². The highest BCUT2D eigenvalue weighted by Gasteiger charge is 2.10. The third-order valence-electron chi connectivity index (χ3n) is 0.626. The van der Waals surface area contributed by atoms with Gasteiger partial charge in [0.1, 0.15) is 0 Å². The molecule has 0 amide bonds. The first-order valence-electron chi connectivity index (χ1n) is 2.05. The van der Waals surface area contributed by atoms with Crippen molar-refractivity contribution in [2.75, 3.05) is 0 Å². The van der Waals surface area contributed by atoms with Crippen molar-refractivity contribution in [3.8, 4) is 0 Å². The molecular formula is C4H8ClFO2. The van der Waals surface area contributed by atoms with Gasteiger partial charge in [-0.15, -0.1) is 12.4 Å². The molecular weight excluding hydrogens is 134 g/mol. The number of hydrogen-bond donors (Lipinski definition) is 1. The highest BCUT2D eigenvalue weighted by atomic mass is 35.5. The Morgan fingerprint density at radius 2 is 2.25 bits per heavy atom. The van der Waals surface area contributed by atoms with Crippen molar-refractivity contribution in [1.29, 1.82) is 0 Å². The zero-order chi connectivity index (χ0) is 5.86. The molecule has 0 fully saturated rings. The summed E-state index contributed by atoms with van der Waals surface area (Å²) in [6.45, 7) is 1.48. The SMILES string of the molecule is CC[C@@H](F)C(=O)O.Cl. The Labute approximate surface area is 53.1 Å². The molecule has 0 radical (unpaired) electrons. The summed E-state index contributed by atoms with van der Waals surface area (Å²) in [6.07, 6.45) is -1.63. The second kappa shape index (κ2) is 4.84. The first-order chi connectivity index (χ1) is 3.18. The molecule has 0 aromatic carbocycles. The molecule has 4 heteroatoms. The maximum Gasteiger partial charge on any atom is 0.338 e. The van der Waals surface area contributed by atoms with E-state index in [0.29, 0.717) is 0 Å². The largest absolute Gasteiger partial charge is 0.479 e. The minimum Gasteiger partial charge on any atom is -0.479 e. The predicted molar refractivity (Wildman–Crippen MR) is 30.1 cm³/mol. The summed E-state index contributed by atoms with van der Waals surface area (Å²) in [6, 6.07) is 0. The molecule has 0 aliphatic heterocycles. The van der Waals surface area contributed by atoms with Crippen molar-refractivity contribution < 1.29 is 14.3 Å². The van der Waals surface area contributed by atoms with Crippen LogP contribution in [-0.2, 0) is 4.79 Å². The normalized spacial score (nSPS) is 11.8. The summed E-state index contributed by atoms with van der Waals surface area (Å²) in [4.78, 5) is 9.56. The lowest BCUT2D eigenvalue weighted by Crippen LogP contribution is -2.11. The van der Waals surface area contributed by atoms with Crippen LogP contribution in [0, 0.1) is 0 Å². The summed E-state index contributed by atoms with van der Waals surface area (Å²) in [5, 5.41) is 7.81. The molecule has 50 valence electrons. The molecule has 0 unspecified atom stereocenters. The van der Waals surface area contributed by atoms with E-state index in [1.807, 2.05) is 0 Å². The lowest BCUT2D eigenvalue weighted by Gasteiger charge is -1.92. The molecule has 0 rings (SSSR count). The molecule has 0 bridgehead atoms. The fourth-order valence-electron chi connectivity index (χ4n) is 0.175. The van der Waals surface area contributed by atoms with Gasteiger partial charge in [0.2, 0.25) is 0 Å². The van der Waals surface area contributed by atoms with E-state index in [1.54, 1.807) is 0 Å². The van der Waals surface area contributed by atoms with Crippen LogP contribution in [-0.4, -0.2) is 17.2 Å². The van der Waals surface area contributed by atoms with Gasteiger partial charge in [-0.05, 0) is 6.42 Å². The lowest BCUT2D eigenvalue weighted by atomic mass is 10.3. The fourth-order valence-corrected chi connectivity index (χ4v) is 0.175. The Morgan fingerprint density at radius 3 is 2.25 bits per heavy atom. The van der Waals surface area contributed by atoms with E-state index in [2.05, 4.69) is 0 Å². The van der Waals surface area contributed by atoms with Crippen LogP contribution >= 0.6 is 12.4 Å². The van der Waals surface area contributed by atoms with Gasteiger partial charge in [-0.25, -0.2) is 9.18 Å². The molecule has 0 aromatic rings. The topological polar surface area (TPSA) is 37.3 Å². The summed E-state index contributed by atoms with van der Waals surface area (Å²) in [7, 11) is 0. The molecule has 0 aromatic heterocycles. The van der Waals surface area contributed by atoms with Crippen molar-refractivity contribution in [2.24, 2.45) is 0 Å². The molecule has 0 saturated heterocycles. The molecule has 0 aliphatic rings. The molecule has 8 heavy (non-hydrogen) atoms. The third kappa shape index (κ3) is 3.87. The van der Waals surface area contributed by atoms with Gasteiger partial charge in [-0.1, -0.05) is 6.92 Å². The van der Waals surface area contributed by atoms with E-state index in [9.17, 15) is 9.18 Å². The number of carboxylic acids is 1. The highest BCUT2D eigenvalue weighted by molar-refractivity contribution is 5.85. The van der Waals surface area contributed by atoms with Gasteiger partial charge in [-0.2, -0.15) is 0 Å². The number of halogens is 2. The van der Waals surface area contributed by atoms with Crippen LogP contribution < -0.4 is 0 Å².